The minimum Gasteiger partial charge on any atom is -0.419 e. The summed E-state index contributed by atoms with van der Waals surface area (Å²) in [5, 5.41) is 26.3. The molecular formula is C17H20N4O2. The molecule has 1 aromatic heterocycles. The Bertz CT molecular complexity index is 673. The molecule has 1 fully saturated rings. The Morgan fingerprint density at radius 2 is 2.09 bits per heavy atom. The van der Waals surface area contributed by atoms with E-state index in [9.17, 15) is 5.11 Å². The van der Waals surface area contributed by atoms with Crippen molar-refractivity contribution in [2.75, 3.05) is 13.2 Å². The van der Waals surface area contributed by atoms with Gasteiger partial charge in [0.15, 0.2) is 0 Å². The van der Waals surface area contributed by atoms with Gasteiger partial charge in [0.05, 0.1) is 18.2 Å². The van der Waals surface area contributed by atoms with E-state index in [1.54, 1.807) is 12.1 Å². The van der Waals surface area contributed by atoms with Crippen LogP contribution in [-0.2, 0) is 6.54 Å². The van der Waals surface area contributed by atoms with Gasteiger partial charge in [-0.2, -0.15) is 5.26 Å². The minimum absolute atomic E-state index is 0.210. The van der Waals surface area contributed by atoms with Crippen LogP contribution in [0.15, 0.2) is 28.7 Å². The number of aliphatic hydroxyl groups excluding tert-OH is 1. The fourth-order valence-corrected chi connectivity index (χ4v) is 3.04. The molecule has 6 heteroatoms. The highest BCUT2D eigenvalue weighted by Crippen LogP contribution is 2.23. The number of hydrogen-bond acceptors (Lipinski definition) is 6. The maximum absolute atomic E-state index is 9.20. The van der Waals surface area contributed by atoms with Gasteiger partial charge in [0.1, 0.15) is 0 Å². The van der Waals surface area contributed by atoms with Gasteiger partial charge in [-0.25, -0.2) is 0 Å². The van der Waals surface area contributed by atoms with Crippen molar-refractivity contribution in [3.8, 4) is 17.5 Å². The molecule has 1 aliphatic rings. The summed E-state index contributed by atoms with van der Waals surface area (Å²) in [7, 11) is 0. The smallest absolute Gasteiger partial charge is 0.247 e. The summed E-state index contributed by atoms with van der Waals surface area (Å²) in [5.74, 6) is 1.06. The van der Waals surface area contributed by atoms with E-state index in [-0.39, 0.29) is 6.61 Å². The standard InChI is InChI=1S/C17H20N4O2/c18-11-13-4-6-14(7-5-13)17-20-19-16(23-17)12-21-9-2-1-3-15(21)8-10-22/h4-7,15,22H,1-3,8-10,12H2. The summed E-state index contributed by atoms with van der Waals surface area (Å²) >= 11 is 0. The Labute approximate surface area is 135 Å². The zero-order valence-corrected chi connectivity index (χ0v) is 13.0. The average molecular weight is 312 g/mol. The van der Waals surface area contributed by atoms with Gasteiger partial charge in [-0.1, -0.05) is 6.42 Å². The van der Waals surface area contributed by atoms with Crippen LogP contribution in [0.5, 0.6) is 0 Å². The van der Waals surface area contributed by atoms with Crippen LogP contribution < -0.4 is 0 Å². The third-order valence-electron chi connectivity index (χ3n) is 4.28. The third-order valence-corrected chi connectivity index (χ3v) is 4.28. The predicted octanol–water partition coefficient (Wildman–Crippen LogP) is 2.35. The first-order valence-electron chi connectivity index (χ1n) is 7.98. The number of likely N-dealkylation sites (tertiary alicyclic amines) is 1. The van der Waals surface area contributed by atoms with Gasteiger partial charge < -0.3 is 9.52 Å². The van der Waals surface area contributed by atoms with Crippen molar-refractivity contribution in [1.82, 2.24) is 15.1 Å². The first-order valence-corrected chi connectivity index (χ1v) is 7.98. The van der Waals surface area contributed by atoms with Crippen molar-refractivity contribution in [2.45, 2.75) is 38.3 Å². The zero-order valence-electron chi connectivity index (χ0n) is 13.0. The lowest BCUT2D eigenvalue weighted by Crippen LogP contribution is -2.39. The number of aliphatic hydroxyl groups is 1. The van der Waals surface area contributed by atoms with Crippen molar-refractivity contribution in [2.24, 2.45) is 0 Å². The Kier molecular flexibility index (Phi) is 5.01. The Hall–Kier alpha value is -2.23. The highest BCUT2D eigenvalue weighted by Gasteiger charge is 2.23. The monoisotopic (exact) mass is 312 g/mol. The molecule has 1 N–H and O–H groups in total. The van der Waals surface area contributed by atoms with Crippen LogP contribution in [0, 0.1) is 11.3 Å². The number of rotatable bonds is 5. The van der Waals surface area contributed by atoms with Crippen LogP contribution in [-0.4, -0.2) is 39.4 Å². The highest BCUT2D eigenvalue weighted by atomic mass is 16.4. The molecule has 6 nitrogen and oxygen atoms in total. The average Bonchev–Trinajstić information content (AvgIpc) is 3.05. The molecule has 1 aliphatic heterocycles. The van der Waals surface area contributed by atoms with E-state index in [0.717, 1.165) is 24.9 Å². The molecule has 0 radical (unpaired) electrons. The van der Waals surface area contributed by atoms with Crippen molar-refractivity contribution in [3.63, 3.8) is 0 Å². The zero-order chi connectivity index (χ0) is 16.1. The molecule has 3 rings (SSSR count). The van der Waals surface area contributed by atoms with E-state index in [2.05, 4.69) is 21.2 Å². The molecule has 1 saturated heterocycles. The second-order valence-corrected chi connectivity index (χ2v) is 5.82. The second-order valence-electron chi connectivity index (χ2n) is 5.82. The van der Waals surface area contributed by atoms with E-state index in [4.69, 9.17) is 9.68 Å². The number of aromatic nitrogens is 2. The Morgan fingerprint density at radius 3 is 2.83 bits per heavy atom. The van der Waals surface area contributed by atoms with Gasteiger partial charge in [-0.05, 0) is 50.1 Å². The Balaban J connectivity index is 1.69. The minimum atomic E-state index is 0.210. The molecule has 120 valence electrons. The van der Waals surface area contributed by atoms with E-state index in [0.29, 0.717) is 29.9 Å². The highest BCUT2D eigenvalue weighted by molar-refractivity contribution is 5.54. The lowest BCUT2D eigenvalue weighted by atomic mass is 10.00. The topological polar surface area (TPSA) is 86.2 Å². The van der Waals surface area contributed by atoms with Crippen LogP contribution >= 0.6 is 0 Å². The summed E-state index contributed by atoms with van der Waals surface area (Å²) in [6.07, 6.45) is 4.27. The molecular weight excluding hydrogens is 292 g/mol. The van der Waals surface area contributed by atoms with Gasteiger partial charge in [0, 0.05) is 18.2 Å². The predicted molar refractivity (Wildman–Crippen MR) is 84.2 cm³/mol. The molecule has 2 aromatic rings. The summed E-state index contributed by atoms with van der Waals surface area (Å²) in [5.41, 5.74) is 1.42. The van der Waals surface area contributed by atoms with Crippen LogP contribution in [0.25, 0.3) is 11.5 Å². The molecule has 1 atom stereocenters. The van der Waals surface area contributed by atoms with Crippen LogP contribution in [0.1, 0.15) is 37.1 Å². The Morgan fingerprint density at radius 1 is 1.26 bits per heavy atom. The second kappa shape index (κ2) is 7.36. The van der Waals surface area contributed by atoms with Gasteiger partial charge >= 0.3 is 0 Å². The first-order chi connectivity index (χ1) is 11.3. The fourth-order valence-electron chi connectivity index (χ4n) is 3.04. The molecule has 2 heterocycles. The summed E-state index contributed by atoms with van der Waals surface area (Å²) < 4.78 is 5.76. The maximum Gasteiger partial charge on any atom is 0.247 e. The molecule has 1 unspecified atom stereocenters. The first kappa shape index (κ1) is 15.7. The van der Waals surface area contributed by atoms with Crippen LogP contribution in [0.4, 0.5) is 0 Å². The molecule has 0 bridgehead atoms. The molecule has 0 spiro atoms. The summed E-state index contributed by atoms with van der Waals surface area (Å²) in [6, 6.07) is 9.57. The van der Waals surface area contributed by atoms with Gasteiger partial charge in [0.25, 0.3) is 0 Å². The SMILES string of the molecule is N#Cc1ccc(-c2nnc(CN3CCCCC3CCO)o2)cc1. The molecule has 0 amide bonds. The molecule has 23 heavy (non-hydrogen) atoms. The lowest BCUT2D eigenvalue weighted by Gasteiger charge is -2.34. The van der Waals surface area contributed by atoms with Crippen molar-refractivity contribution in [3.05, 3.63) is 35.7 Å². The van der Waals surface area contributed by atoms with Crippen molar-refractivity contribution < 1.29 is 9.52 Å². The van der Waals surface area contributed by atoms with E-state index in [1.807, 2.05) is 12.1 Å². The van der Waals surface area contributed by atoms with E-state index >= 15 is 0 Å². The van der Waals surface area contributed by atoms with Crippen LogP contribution in [0.2, 0.25) is 0 Å². The third kappa shape index (κ3) is 3.76. The van der Waals surface area contributed by atoms with Crippen molar-refractivity contribution >= 4 is 0 Å². The number of benzene rings is 1. The number of nitriles is 1. The quantitative estimate of drug-likeness (QED) is 0.912. The number of hydrogen-bond donors (Lipinski definition) is 1. The molecule has 0 saturated carbocycles. The van der Waals surface area contributed by atoms with E-state index in [1.165, 1.54) is 12.8 Å². The fraction of sp³-hybridized carbons (Fsp3) is 0.471. The summed E-state index contributed by atoms with van der Waals surface area (Å²) in [6.45, 7) is 1.83. The lowest BCUT2D eigenvalue weighted by molar-refractivity contribution is 0.103. The maximum atomic E-state index is 9.20. The largest absolute Gasteiger partial charge is 0.419 e. The van der Waals surface area contributed by atoms with E-state index < -0.39 is 0 Å². The molecule has 0 aliphatic carbocycles. The normalized spacial score (nSPS) is 18.7. The van der Waals surface area contributed by atoms with Crippen molar-refractivity contribution in [1.29, 1.82) is 5.26 Å². The van der Waals surface area contributed by atoms with Crippen LogP contribution in [0.3, 0.4) is 0 Å². The van der Waals surface area contributed by atoms with Gasteiger partial charge in [-0.15, -0.1) is 10.2 Å². The molecule has 1 aromatic carbocycles. The van der Waals surface area contributed by atoms with Gasteiger partial charge in [-0.3, -0.25) is 4.90 Å². The summed E-state index contributed by atoms with van der Waals surface area (Å²) in [4.78, 5) is 2.32. The number of piperidine rings is 1. The number of nitrogens with zero attached hydrogens (tertiary/aromatic N) is 4. The van der Waals surface area contributed by atoms with Gasteiger partial charge in [0.2, 0.25) is 11.8 Å².